The monoisotopic (exact) mass is 169 g/mol. The summed E-state index contributed by atoms with van der Waals surface area (Å²) in [5.74, 6) is 0.413. The van der Waals surface area contributed by atoms with Crippen LogP contribution in [0.4, 0.5) is 4.39 Å². The molecule has 0 atom stereocenters. The van der Waals surface area contributed by atoms with E-state index in [0.29, 0.717) is 11.6 Å². The molecule has 0 aliphatic carbocycles. The molecule has 0 rings (SSSR count). The van der Waals surface area contributed by atoms with Gasteiger partial charge in [-0.15, -0.1) is 0 Å². The third-order valence-electron chi connectivity index (χ3n) is 1.36. The maximum atomic E-state index is 11.8. The fourth-order valence-corrected chi connectivity index (χ4v) is 0.834. The number of halogens is 1. The lowest BCUT2D eigenvalue weighted by atomic mass is 10.1. The van der Waals surface area contributed by atoms with Gasteiger partial charge in [0.05, 0.1) is 0 Å². The van der Waals surface area contributed by atoms with Gasteiger partial charge in [0.25, 0.3) is 0 Å². The first-order valence-corrected chi connectivity index (χ1v) is 3.95. The van der Waals surface area contributed by atoms with E-state index in [2.05, 4.69) is 18.5 Å². The van der Waals surface area contributed by atoms with Gasteiger partial charge in [0.1, 0.15) is 0 Å². The lowest BCUT2D eigenvalue weighted by Gasteiger charge is -2.07. The van der Waals surface area contributed by atoms with Gasteiger partial charge in [-0.3, -0.25) is 0 Å². The van der Waals surface area contributed by atoms with Gasteiger partial charge in [-0.05, 0) is 11.5 Å². The summed E-state index contributed by atoms with van der Waals surface area (Å²) >= 11 is 0. The number of nitrogens with one attached hydrogen (secondary N) is 1. The van der Waals surface area contributed by atoms with Crippen molar-refractivity contribution in [3.63, 3.8) is 0 Å². The zero-order valence-electron chi connectivity index (χ0n) is 7.73. The first kappa shape index (κ1) is 11.0. The van der Waals surface area contributed by atoms with Crippen LogP contribution in [0.15, 0.2) is 36.6 Å². The van der Waals surface area contributed by atoms with Gasteiger partial charge in [0, 0.05) is 5.70 Å². The normalized spacial score (nSPS) is 11.5. The Balaban J connectivity index is 4.34. The molecule has 68 valence electrons. The van der Waals surface area contributed by atoms with Crippen molar-refractivity contribution >= 4 is 0 Å². The van der Waals surface area contributed by atoms with Gasteiger partial charge < -0.3 is 5.32 Å². The Morgan fingerprint density at radius 3 is 2.50 bits per heavy atom. The van der Waals surface area contributed by atoms with Crippen LogP contribution >= 0.6 is 0 Å². The van der Waals surface area contributed by atoms with Gasteiger partial charge in [-0.25, -0.2) is 4.39 Å². The quantitative estimate of drug-likeness (QED) is 0.493. The van der Waals surface area contributed by atoms with Crippen LogP contribution in [-0.4, -0.2) is 6.80 Å². The average molecular weight is 169 g/mol. The van der Waals surface area contributed by atoms with Crippen LogP contribution in [0.5, 0.6) is 0 Å². The summed E-state index contributed by atoms with van der Waals surface area (Å²) in [5.41, 5.74) is 1.45. The van der Waals surface area contributed by atoms with E-state index in [1.165, 1.54) is 0 Å². The summed E-state index contributed by atoms with van der Waals surface area (Å²) in [6.07, 6.45) is 3.66. The van der Waals surface area contributed by atoms with Gasteiger partial charge >= 0.3 is 0 Å². The number of hydrogen-bond acceptors (Lipinski definition) is 1. The van der Waals surface area contributed by atoms with Crippen LogP contribution < -0.4 is 5.32 Å². The van der Waals surface area contributed by atoms with Crippen molar-refractivity contribution in [2.45, 2.75) is 13.8 Å². The zero-order chi connectivity index (χ0) is 9.56. The number of allylic oxidation sites excluding steroid dienone is 2. The minimum Gasteiger partial charge on any atom is -0.359 e. The topological polar surface area (TPSA) is 12.0 Å². The number of hydrogen-bond donors (Lipinski definition) is 1. The molecular formula is C10H16FN. The van der Waals surface area contributed by atoms with Crippen molar-refractivity contribution < 1.29 is 4.39 Å². The molecule has 2 heteroatoms. The highest BCUT2D eigenvalue weighted by atomic mass is 19.1. The van der Waals surface area contributed by atoms with Crippen molar-refractivity contribution in [1.82, 2.24) is 5.32 Å². The highest BCUT2D eigenvalue weighted by molar-refractivity contribution is 5.35. The van der Waals surface area contributed by atoms with Crippen LogP contribution in [0, 0.1) is 5.92 Å². The molecule has 0 aliphatic rings. The largest absolute Gasteiger partial charge is 0.359 e. The number of alkyl halides is 1. The molecule has 1 N–H and O–H groups in total. The van der Waals surface area contributed by atoms with Gasteiger partial charge in [-0.2, -0.15) is 0 Å². The lowest BCUT2D eigenvalue weighted by Crippen LogP contribution is -2.11. The minimum atomic E-state index is -0.595. The molecule has 0 aromatic heterocycles. The summed E-state index contributed by atoms with van der Waals surface area (Å²) in [7, 11) is 0. The molecule has 12 heavy (non-hydrogen) atoms. The van der Waals surface area contributed by atoms with Gasteiger partial charge in [0.2, 0.25) is 0 Å². The Hall–Kier alpha value is -1.05. The van der Waals surface area contributed by atoms with Crippen LogP contribution in [-0.2, 0) is 0 Å². The molecule has 0 aliphatic heterocycles. The van der Waals surface area contributed by atoms with Crippen molar-refractivity contribution in [2.24, 2.45) is 5.92 Å². The van der Waals surface area contributed by atoms with Crippen molar-refractivity contribution in [2.75, 3.05) is 6.80 Å². The second-order valence-corrected chi connectivity index (χ2v) is 2.86. The van der Waals surface area contributed by atoms with E-state index >= 15 is 0 Å². The molecule has 0 aromatic carbocycles. The Morgan fingerprint density at radius 2 is 2.17 bits per heavy atom. The van der Waals surface area contributed by atoms with Gasteiger partial charge in [-0.1, -0.05) is 39.2 Å². The fourth-order valence-electron chi connectivity index (χ4n) is 0.834. The summed E-state index contributed by atoms with van der Waals surface area (Å²) in [6.45, 7) is 10.8. The minimum absolute atomic E-state index is 0.413. The summed E-state index contributed by atoms with van der Waals surface area (Å²) in [5, 5.41) is 2.50. The molecule has 0 spiro atoms. The molecule has 0 radical (unpaired) electrons. The van der Waals surface area contributed by atoms with E-state index in [1.807, 2.05) is 19.9 Å². The van der Waals surface area contributed by atoms with E-state index in [1.54, 1.807) is 6.08 Å². The summed E-state index contributed by atoms with van der Waals surface area (Å²) in [4.78, 5) is 0. The van der Waals surface area contributed by atoms with Crippen LogP contribution in [0.3, 0.4) is 0 Å². The smallest absolute Gasteiger partial charge is 0.159 e. The van der Waals surface area contributed by atoms with E-state index in [-0.39, 0.29) is 0 Å². The Bertz CT molecular complexity index is 192. The van der Waals surface area contributed by atoms with E-state index in [9.17, 15) is 4.39 Å². The van der Waals surface area contributed by atoms with Crippen molar-refractivity contribution in [1.29, 1.82) is 0 Å². The predicted molar refractivity (Wildman–Crippen MR) is 51.4 cm³/mol. The molecule has 1 nitrogen and oxygen atoms in total. The second-order valence-electron chi connectivity index (χ2n) is 2.86. The molecular weight excluding hydrogens is 153 g/mol. The first-order valence-electron chi connectivity index (χ1n) is 3.95. The molecule has 0 unspecified atom stereocenters. The molecule has 0 fully saturated rings. The standard InChI is InChI=1S/C10H16FN/c1-5-10(6-8(2)3)9(4)12-7-11/h5-6,8,12H,1,4,7H2,2-3H3/b10-6+. The molecule has 0 aromatic rings. The Morgan fingerprint density at radius 1 is 1.58 bits per heavy atom. The number of rotatable bonds is 5. The highest BCUT2D eigenvalue weighted by Gasteiger charge is 1.98. The van der Waals surface area contributed by atoms with E-state index < -0.39 is 6.80 Å². The van der Waals surface area contributed by atoms with Gasteiger partial charge in [0.15, 0.2) is 6.80 Å². The molecule has 0 amide bonds. The van der Waals surface area contributed by atoms with Crippen LogP contribution in [0.1, 0.15) is 13.8 Å². The Kier molecular flexibility index (Phi) is 5.09. The molecule has 0 heterocycles. The lowest BCUT2D eigenvalue weighted by molar-refractivity contribution is 0.457. The maximum absolute atomic E-state index is 11.8. The van der Waals surface area contributed by atoms with Crippen molar-refractivity contribution in [3.8, 4) is 0 Å². The average Bonchev–Trinajstić information content (AvgIpc) is 2.00. The van der Waals surface area contributed by atoms with Crippen LogP contribution in [0.25, 0.3) is 0 Å². The SMILES string of the molecule is C=C/C(=C\C(C)C)C(=C)NCF. The third kappa shape index (κ3) is 3.96. The summed E-state index contributed by atoms with van der Waals surface area (Å²) < 4.78 is 11.8. The highest BCUT2D eigenvalue weighted by Crippen LogP contribution is 2.09. The van der Waals surface area contributed by atoms with Crippen LogP contribution in [0.2, 0.25) is 0 Å². The maximum Gasteiger partial charge on any atom is 0.159 e. The van der Waals surface area contributed by atoms with Crippen molar-refractivity contribution in [3.05, 3.63) is 36.6 Å². The molecule has 0 saturated carbocycles. The van der Waals surface area contributed by atoms with E-state index in [4.69, 9.17) is 0 Å². The first-order chi connectivity index (χ1) is 5.61. The summed E-state index contributed by atoms with van der Waals surface area (Å²) in [6, 6.07) is 0. The molecule has 0 bridgehead atoms. The molecule has 0 saturated heterocycles. The fraction of sp³-hybridized carbons (Fsp3) is 0.400. The second kappa shape index (κ2) is 5.58. The third-order valence-corrected chi connectivity index (χ3v) is 1.36. The van der Waals surface area contributed by atoms with E-state index in [0.717, 1.165) is 5.57 Å². The zero-order valence-corrected chi connectivity index (χ0v) is 7.73. The Labute approximate surface area is 73.7 Å². The predicted octanol–water partition coefficient (Wildman–Crippen LogP) is 2.79.